The molecule has 3 saturated heterocycles. The lowest BCUT2D eigenvalue weighted by Gasteiger charge is -2.31. The average molecular weight is 738 g/mol. The maximum atomic E-state index is 17.0. The molecule has 1 amide bonds. The second-order valence-electron chi connectivity index (χ2n) is 13.2. The van der Waals surface area contributed by atoms with E-state index in [4.69, 9.17) is 26.8 Å². The van der Waals surface area contributed by atoms with Crippen LogP contribution in [0.2, 0.25) is 5.02 Å². The van der Waals surface area contributed by atoms with Crippen molar-refractivity contribution in [1.29, 1.82) is 5.26 Å². The number of nitrogen functional groups attached to an aromatic ring is 1. The van der Waals surface area contributed by atoms with Crippen LogP contribution in [0.5, 0.6) is 11.9 Å². The lowest BCUT2D eigenvalue weighted by atomic mass is 9.95. The Labute approximate surface area is 298 Å². The Morgan fingerprint density at radius 2 is 2.06 bits per heavy atom. The standard InChI is InChI=1S/C34H31ClF3N9O3S/c35-23-10-21-28(27(38)26(23)20-5-6-24(37)29-25(20)22(12-39)30(40)51-29)43-32(49-15-34-7-3-9-46(34)13-18(36)11-34)44-31(21)50-19-4-1-2-8-45(14-19)33(48)47-17-41-16-42-47/h5-6,10,16-19H,1-4,7-9,11,13-15,40H2/t18-,19?,34+/m1/s1. The first-order valence-electron chi connectivity index (χ1n) is 16.6. The highest BCUT2D eigenvalue weighted by Crippen LogP contribution is 2.46. The van der Waals surface area contributed by atoms with Crippen LogP contribution in [0, 0.1) is 23.0 Å². The Morgan fingerprint density at radius 1 is 1.20 bits per heavy atom. The summed E-state index contributed by atoms with van der Waals surface area (Å²) < 4.78 is 60.3. The first-order chi connectivity index (χ1) is 24.7. The number of anilines is 1. The maximum Gasteiger partial charge on any atom is 0.346 e. The Kier molecular flexibility index (Phi) is 8.59. The van der Waals surface area contributed by atoms with Crippen molar-refractivity contribution in [2.75, 3.05) is 38.5 Å². The number of likely N-dealkylation sites (tertiary alicyclic amines) is 1. The number of carbonyl (C=O) groups excluding carboxylic acids is 1. The summed E-state index contributed by atoms with van der Waals surface area (Å²) in [6.07, 6.45) is 5.04. The Morgan fingerprint density at radius 3 is 2.86 bits per heavy atom. The molecule has 6 heterocycles. The summed E-state index contributed by atoms with van der Waals surface area (Å²) in [5.74, 6) is -1.49. The van der Waals surface area contributed by atoms with Crippen molar-refractivity contribution >= 4 is 55.0 Å². The Hall–Kier alpha value is -4.72. The Balaban J connectivity index is 1.22. The van der Waals surface area contributed by atoms with Crippen LogP contribution in [0.3, 0.4) is 0 Å². The van der Waals surface area contributed by atoms with E-state index < -0.39 is 29.4 Å². The first-order valence-corrected chi connectivity index (χ1v) is 17.8. The fourth-order valence-corrected chi connectivity index (χ4v) is 8.93. The topological polar surface area (TPSA) is 148 Å². The molecule has 3 fully saturated rings. The van der Waals surface area contributed by atoms with E-state index >= 15 is 4.39 Å². The number of thiophene rings is 1. The molecular weight excluding hydrogens is 707 g/mol. The molecule has 2 N–H and O–H groups in total. The second-order valence-corrected chi connectivity index (χ2v) is 14.6. The maximum absolute atomic E-state index is 17.0. The van der Waals surface area contributed by atoms with E-state index in [2.05, 4.69) is 25.0 Å². The van der Waals surface area contributed by atoms with Crippen LogP contribution in [0.4, 0.5) is 23.0 Å². The molecule has 5 aromatic rings. The SMILES string of the molecule is N#Cc1c(N)sc2c(F)ccc(-c3c(Cl)cc4c(OC5CCCCN(C(=O)n6cncn6)C5)nc(OC[C@@]56CCCN5C[C@H](F)C6)nc4c3F)c12. The van der Waals surface area contributed by atoms with E-state index in [9.17, 15) is 18.8 Å². The number of aromatic nitrogens is 5. The van der Waals surface area contributed by atoms with E-state index in [0.29, 0.717) is 25.9 Å². The average Bonchev–Trinajstić information content (AvgIpc) is 3.87. The smallest absolute Gasteiger partial charge is 0.346 e. The molecule has 0 radical (unpaired) electrons. The van der Waals surface area contributed by atoms with Gasteiger partial charge in [-0.3, -0.25) is 4.90 Å². The largest absolute Gasteiger partial charge is 0.472 e. The van der Waals surface area contributed by atoms with Gasteiger partial charge in [-0.05, 0) is 56.3 Å². The van der Waals surface area contributed by atoms with Crippen LogP contribution >= 0.6 is 22.9 Å². The molecule has 51 heavy (non-hydrogen) atoms. The Bertz CT molecular complexity index is 2210. The number of ether oxygens (including phenoxy) is 2. The molecule has 0 spiro atoms. The van der Waals surface area contributed by atoms with Crippen LogP contribution in [-0.2, 0) is 0 Å². The van der Waals surface area contributed by atoms with Crippen molar-refractivity contribution in [3.8, 4) is 29.1 Å². The first kappa shape index (κ1) is 33.4. The van der Waals surface area contributed by atoms with Gasteiger partial charge in [-0.15, -0.1) is 11.3 Å². The zero-order valence-corrected chi connectivity index (χ0v) is 28.7. The minimum atomic E-state index is -0.983. The molecular formula is C34H31ClF3N9O3S. The van der Waals surface area contributed by atoms with Crippen molar-refractivity contribution in [2.45, 2.75) is 56.3 Å². The van der Waals surface area contributed by atoms with Crippen LogP contribution < -0.4 is 15.2 Å². The second kappa shape index (κ2) is 13.1. The third-order valence-electron chi connectivity index (χ3n) is 10.0. The molecule has 3 aromatic heterocycles. The summed E-state index contributed by atoms with van der Waals surface area (Å²) in [4.78, 5) is 29.8. The van der Waals surface area contributed by atoms with Gasteiger partial charge in [0.25, 0.3) is 0 Å². The van der Waals surface area contributed by atoms with Crippen LogP contribution in [-0.4, -0.2) is 91.2 Å². The zero-order valence-electron chi connectivity index (χ0n) is 27.1. The molecule has 2 aromatic carbocycles. The van der Waals surface area contributed by atoms with Gasteiger partial charge in [-0.2, -0.15) is 25.0 Å². The lowest BCUT2D eigenvalue weighted by Crippen LogP contribution is -2.43. The summed E-state index contributed by atoms with van der Waals surface area (Å²) in [5, 5.41) is 14.1. The number of halogens is 4. The number of hydrogen-bond acceptors (Lipinski definition) is 11. The quantitative estimate of drug-likeness (QED) is 0.209. The number of alkyl halides is 1. The number of rotatable bonds is 6. The van der Waals surface area contributed by atoms with Gasteiger partial charge in [0.15, 0.2) is 5.82 Å². The van der Waals surface area contributed by atoms with Gasteiger partial charge in [-0.1, -0.05) is 17.7 Å². The third kappa shape index (κ3) is 5.86. The predicted octanol–water partition coefficient (Wildman–Crippen LogP) is 6.35. The van der Waals surface area contributed by atoms with Gasteiger partial charge < -0.3 is 20.1 Å². The van der Waals surface area contributed by atoms with Crippen LogP contribution in [0.1, 0.15) is 44.1 Å². The van der Waals surface area contributed by atoms with Crippen molar-refractivity contribution in [3.05, 3.63) is 53.1 Å². The number of amides is 1. The van der Waals surface area contributed by atoms with Crippen molar-refractivity contribution in [1.82, 2.24) is 34.5 Å². The monoisotopic (exact) mass is 737 g/mol. The van der Waals surface area contributed by atoms with Gasteiger partial charge in [0.2, 0.25) is 5.88 Å². The number of nitrogens with two attached hydrogens (primary N) is 1. The van der Waals surface area contributed by atoms with Crippen LogP contribution in [0.15, 0.2) is 30.9 Å². The number of benzene rings is 2. The normalized spacial score (nSPS) is 22.3. The minimum absolute atomic E-state index is 0.0114. The molecule has 0 bridgehead atoms. The highest BCUT2D eigenvalue weighted by molar-refractivity contribution is 7.23. The predicted molar refractivity (Wildman–Crippen MR) is 184 cm³/mol. The zero-order chi connectivity index (χ0) is 35.4. The van der Waals surface area contributed by atoms with Gasteiger partial charge in [0.1, 0.15) is 53.9 Å². The lowest BCUT2D eigenvalue weighted by molar-refractivity contribution is 0.105. The number of carbonyl (C=O) groups is 1. The summed E-state index contributed by atoms with van der Waals surface area (Å²) in [5.41, 5.74) is 5.40. The number of hydrogen-bond donors (Lipinski definition) is 1. The number of fused-ring (bicyclic) bond motifs is 3. The highest BCUT2D eigenvalue weighted by atomic mass is 35.5. The summed E-state index contributed by atoms with van der Waals surface area (Å²) in [6, 6.07) is 5.44. The van der Waals surface area contributed by atoms with E-state index in [0.717, 1.165) is 48.2 Å². The molecule has 0 aliphatic carbocycles. The van der Waals surface area contributed by atoms with Crippen molar-refractivity contribution in [3.63, 3.8) is 0 Å². The van der Waals surface area contributed by atoms with Gasteiger partial charge >= 0.3 is 12.0 Å². The number of nitriles is 1. The molecule has 0 saturated carbocycles. The van der Waals surface area contributed by atoms with Gasteiger partial charge in [0.05, 0.1) is 32.8 Å². The fraction of sp³-hybridized carbons (Fsp3) is 0.412. The molecule has 17 heteroatoms. The highest BCUT2D eigenvalue weighted by Gasteiger charge is 2.49. The number of nitrogens with zero attached hydrogens (tertiary/aromatic N) is 8. The molecule has 3 aliphatic heterocycles. The van der Waals surface area contributed by atoms with E-state index in [1.807, 2.05) is 6.07 Å². The van der Waals surface area contributed by atoms with Gasteiger partial charge in [-0.25, -0.2) is 22.9 Å². The minimum Gasteiger partial charge on any atom is -0.472 e. The molecule has 8 rings (SSSR count). The molecule has 12 nitrogen and oxygen atoms in total. The van der Waals surface area contributed by atoms with E-state index in [1.54, 1.807) is 4.90 Å². The molecule has 3 aliphatic rings. The molecule has 264 valence electrons. The fourth-order valence-electron chi connectivity index (χ4n) is 7.69. The van der Waals surface area contributed by atoms with Crippen LogP contribution in [0.25, 0.3) is 32.1 Å². The summed E-state index contributed by atoms with van der Waals surface area (Å²) >= 11 is 7.70. The van der Waals surface area contributed by atoms with E-state index in [1.165, 1.54) is 30.9 Å². The summed E-state index contributed by atoms with van der Waals surface area (Å²) in [7, 11) is 0. The van der Waals surface area contributed by atoms with Crippen molar-refractivity contribution in [2.24, 2.45) is 0 Å². The van der Waals surface area contributed by atoms with Gasteiger partial charge in [0, 0.05) is 30.5 Å². The molecule has 1 unspecified atom stereocenters. The molecule has 3 atom stereocenters. The van der Waals surface area contributed by atoms with Crippen molar-refractivity contribution < 1.29 is 27.4 Å². The van der Waals surface area contributed by atoms with E-state index in [-0.39, 0.29) is 78.8 Å². The summed E-state index contributed by atoms with van der Waals surface area (Å²) in [6.45, 7) is 1.82. The third-order valence-corrected chi connectivity index (χ3v) is 11.4.